The second-order valence-corrected chi connectivity index (χ2v) is 3.02. The van der Waals surface area contributed by atoms with E-state index in [9.17, 15) is 9.59 Å². The third-order valence-corrected chi connectivity index (χ3v) is 1.74. The maximum absolute atomic E-state index is 11.1. The zero-order valence-electron chi connectivity index (χ0n) is 7.50. The molecule has 14 heavy (non-hydrogen) atoms. The van der Waals surface area contributed by atoms with Crippen LogP contribution in [0.3, 0.4) is 0 Å². The van der Waals surface area contributed by atoms with Crippen molar-refractivity contribution in [1.82, 2.24) is 5.32 Å². The summed E-state index contributed by atoms with van der Waals surface area (Å²) in [7, 11) is 0. The molecular weight excluding hydrogens is 204 g/mol. The molecule has 3 amide bonds. The lowest BCUT2D eigenvalue weighted by molar-refractivity contribution is -0.117. The molecular formula is C9H9ClN2O2. The third kappa shape index (κ3) is 3.06. The molecule has 0 radical (unpaired) electrons. The van der Waals surface area contributed by atoms with Gasteiger partial charge in [-0.05, 0) is 12.1 Å². The second-order valence-electron chi connectivity index (χ2n) is 2.62. The number of nitrogens with one attached hydrogen (secondary N) is 2. The van der Waals surface area contributed by atoms with Crippen LogP contribution in [0.1, 0.15) is 6.92 Å². The summed E-state index contributed by atoms with van der Waals surface area (Å²) >= 11 is 5.78. The number of carbonyl (C=O) groups is 2. The first kappa shape index (κ1) is 10.5. The molecule has 4 nitrogen and oxygen atoms in total. The van der Waals surface area contributed by atoms with E-state index in [0.29, 0.717) is 10.7 Å². The monoisotopic (exact) mass is 212 g/mol. The highest BCUT2D eigenvalue weighted by molar-refractivity contribution is 6.33. The highest BCUT2D eigenvalue weighted by Crippen LogP contribution is 2.19. The van der Waals surface area contributed by atoms with Crippen LogP contribution in [-0.4, -0.2) is 11.9 Å². The Hall–Kier alpha value is -1.55. The molecule has 0 bridgehead atoms. The molecule has 1 aromatic rings. The summed E-state index contributed by atoms with van der Waals surface area (Å²) in [5.41, 5.74) is 0.466. The fourth-order valence-corrected chi connectivity index (χ4v) is 1.06. The minimum Gasteiger partial charge on any atom is -0.306 e. The van der Waals surface area contributed by atoms with E-state index in [2.05, 4.69) is 10.6 Å². The SMILES string of the molecule is CC(=O)NC(=O)Nc1ccccc1Cl. The van der Waals surface area contributed by atoms with Gasteiger partial charge < -0.3 is 5.32 Å². The molecule has 0 fully saturated rings. The Morgan fingerprint density at radius 3 is 2.50 bits per heavy atom. The number of carbonyl (C=O) groups excluding carboxylic acids is 2. The molecule has 0 saturated carbocycles. The van der Waals surface area contributed by atoms with Gasteiger partial charge in [-0.25, -0.2) is 4.79 Å². The van der Waals surface area contributed by atoms with Crippen molar-refractivity contribution < 1.29 is 9.59 Å². The quantitative estimate of drug-likeness (QED) is 0.748. The highest BCUT2D eigenvalue weighted by atomic mass is 35.5. The highest BCUT2D eigenvalue weighted by Gasteiger charge is 2.05. The van der Waals surface area contributed by atoms with Gasteiger partial charge in [0.05, 0.1) is 10.7 Å². The van der Waals surface area contributed by atoms with Gasteiger partial charge in [0.2, 0.25) is 5.91 Å². The first-order chi connectivity index (χ1) is 6.59. The van der Waals surface area contributed by atoms with E-state index in [1.807, 2.05) is 0 Å². The lowest BCUT2D eigenvalue weighted by atomic mass is 10.3. The van der Waals surface area contributed by atoms with Crippen LogP contribution in [0.2, 0.25) is 5.02 Å². The van der Waals surface area contributed by atoms with Gasteiger partial charge in [-0.1, -0.05) is 23.7 Å². The average molecular weight is 213 g/mol. The predicted molar refractivity (Wildman–Crippen MR) is 54.3 cm³/mol. The van der Waals surface area contributed by atoms with Crippen LogP contribution in [0.4, 0.5) is 10.5 Å². The smallest absolute Gasteiger partial charge is 0.306 e. The maximum Gasteiger partial charge on any atom is 0.325 e. The molecule has 0 spiro atoms. The molecule has 0 heterocycles. The van der Waals surface area contributed by atoms with Crippen LogP contribution in [0.15, 0.2) is 24.3 Å². The molecule has 0 saturated heterocycles. The standard InChI is InChI=1S/C9H9ClN2O2/c1-6(13)11-9(14)12-8-5-3-2-4-7(8)10/h2-5H,1H3,(H2,11,12,13,14). The van der Waals surface area contributed by atoms with Crippen molar-refractivity contribution in [1.29, 1.82) is 0 Å². The van der Waals surface area contributed by atoms with Crippen LogP contribution in [0.5, 0.6) is 0 Å². The molecule has 74 valence electrons. The first-order valence-electron chi connectivity index (χ1n) is 3.92. The minimum atomic E-state index is -0.592. The van der Waals surface area contributed by atoms with Crippen molar-refractivity contribution in [2.24, 2.45) is 0 Å². The zero-order chi connectivity index (χ0) is 10.6. The summed E-state index contributed by atoms with van der Waals surface area (Å²) in [5, 5.41) is 4.93. The normalized spacial score (nSPS) is 9.29. The predicted octanol–water partition coefficient (Wildman–Crippen LogP) is 2.01. The fraction of sp³-hybridized carbons (Fsp3) is 0.111. The molecule has 0 aliphatic rings. The molecule has 5 heteroatoms. The number of halogens is 1. The van der Waals surface area contributed by atoms with E-state index >= 15 is 0 Å². The Kier molecular flexibility index (Phi) is 3.48. The van der Waals surface area contributed by atoms with Gasteiger partial charge in [-0.3, -0.25) is 10.1 Å². The van der Waals surface area contributed by atoms with E-state index in [4.69, 9.17) is 11.6 Å². The van der Waals surface area contributed by atoms with Crippen molar-refractivity contribution in [3.05, 3.63) is 29.3 Å². The van der Waals surface area contributed by atoms with Gasteiger partial charge >= 0.3 is 6.03 Å². The molecule has 1 aromatic carbocycles. The van der Waals surface area contributed by atoms with E-state index in [1.54, 1.807) is 24.3 Å². The first-order valence-corrected chi connectivity index (χ1v) is 4.30. The van der Waals surface area contributed by atoms with Gasteiger partial charge in [0.25, 0.3) is 0 Å². The number of benzene rings is 1. The fourth-order valence-electron chi connectivity index (χ4n) is 0.876. The molecule has 0 aliphatic carbocycles. The summed E-state index contributed by atoms with van der Waals surface area (Å²) < 4.78 is 0. The summed E-state index contributed by atoms with van der Waals surface area (Å²) in [6.07, 6.45) is 0. The lowest BCUT2D eigenvalue weighted by Gasteiger charge is -2.05. The number of imide groups is 1. The Morgan fingerprint density at radius 1 is 1.29 bits per heavy atom. The number of urea groups is 1. The van der Waals surface area contributed by atoms with Crippen LogP contribution < -0.4 is 10.6 Å². The number of amides is 3. The number of para-hydroxylation sites is 1. The molecule has 0 atom stereocenters. The Morgan fingerprint density at radius 2 is 1.93 bits per heavy atom. The summed E-state index contributed by atoms with van der Waals surface area (Å²) in [4.78, 5) is 21.6. The van der Waals surface area contributed by atoms with E-state index in [0.717, 1.165) is 0 Å². The van der Waals surface area contributed by atoms with Crippen molar-refractivity contribution in [3.8, 4) is 0 Å². The Bertz CT molecular complexity index is 366. The molecule has 1 rings (SSSR count). The van der Waals surface area contributed by atoms with Gasteiger partial charge in [0.1, 0.15) is 0 Å². The summed E-state index contributed by atoms with van der Waals surface area (Å²) in [6, 6.07) is 6.17. The molecule has 0 unspecified atom stereocenters. The zero-order valence-corrected chi connectivity index (χ0v) is 8.26. The third-order valence-electron chi connectivity index (χ3n) is 1.41. The van der Waals surface area contributed by atoms with E-state index in [-0.39, 0.29) is 0 Å². The van der Waals surface area contributed by atoms with Crippen molar-refractivity contribution in [3.63, 3.8) is 0 Å². The largest absolute Gasteiger partial charge is 0.325 e. The number of anilines is 1. The van der Waals surface area contributed by atoms with Gasteiger partial charge in [0.15, 0.2) is 0 Å². The number of hydrogen-bond acceptors (Lipinski definition) is 2. The minimum absolute atomic E-state index is 0.422. The number of hydrogen-bond donors (Lipinski definition) is 2. The van der Waals surface area contributed by atoms with E-state index in [1.165, 1.54) is 6.92 Å². The van der Waals surface area contributed by atoms with Crippen LogP contribution >= 0.6 is 11.6 Å². The van der Waals surface area contributed by atoms with Gasteiger partial charge in [-0.2, -0.15) is 0 Å². The number of rotatable bonds is 1. The van der Waals surface area contributed by atoms with E-state index < -0.39 is 11.9 Å². The average Bonchev–Trinajstić information content (AvgIpc) is 2.07. The summed E-state index contributed by atoms with van der Waals surface area (Å²) in [6.45, 7) is 1.26. The van der Waals surface area contributed by atoms with Crippen molar-refractivity contribution in [2.75, 3.05) is 5.32 Å². The summed E-state index contributed by atoms with van der Waals surface area (Å²) in [5.74, 6) is -0.422. The van der Waals surface area contributed by atoms with Crippen LogP contribution in [-0.2, 0) is 4.79 Å². The van der Waals surface area contributed by atoms with Crippen LogP contribution in [0, 0.1) is 0 Å². The Balaban J connectivity index is 2.65. The maximum atomic E-state index is 11.1. The molecule has 0 aromatic heterocycles. The Labute approximate surface area is 86.3 Å². The van der Waals surface area contributed by atoms with Crippen LogP contribution in [0.25, 0.3) is 0 Å². The molecule has 0 aliphatic heterocycles. The van der Waals surface area contributed by atoms with Crippen molar-refractivity contribution in [2.45, 2.75) is 6.92 Å². The second kappa shape index (κ2) is 4.62. The van der Waals surface area contributed by atoms with Gasteiger partial charge in [0, 0.05) is 6.92 Å². The van der Waals surface area contributed by atoms with Crippen molar-refractivity contribution >= 4 is 29.2 Å². The lowest BCUT2D eigenvalue weighted by Crippen LogP contribution is -2.32. The topological polar surface area (TPSA) is 58.2 Å². The molecule has 2 N–H and O–H groups in total. The van der Waals surface area contributed by atoms with Gasteiger partial charge in [-0.15, -0.1) is 0 Å².